The number of rotatable bonds is 6. The summed E-state index contributed by atoms with van der Waals surface area (Å²) in [6.45, 7) is 4.09. The molecule has 0 spiro atoms. The second-order valence-corrected chi connectivity index (χ2v) is 10.1. The first-order chi connectivity index (χ1) is 19.1. The highest BCUT2D eigenvalue weighted by atomic mass is 16.6. The Morgan fingerprint density at radius 2 is 1.67 bits per heavy atom. The van der Waals surface area contributed by atoms with Gasteiger partial charge in [-0.1, -0.05) is 73.7 Å². The summed E-state index contributed by atoms with van der Waals surface area (Å²) in [6.07, 6.45) is 1.50. The van der Waals surface area contributed by atoms with E-state index in [0.717, 1.165) is 45.3 Å². The predicted molar refractivity (Wildman–Crippen MR) is 153 cm³/mol. The van der Waals surface area contributed by atoms with Crippen LogP contribution in [0.2, 0.25) is 0 Å². The van der Waals surface area contributed by atoms with Crippen LogP contribution in [0.3, 0.4) is 0 Å². The van der Waals surface area contributed by atoms with Crippen molar-refractivity contribution < 1.29 is 19.1 Å². The quantitative estimate of drug-likeness (QED) is 0.212. The molecule has 196 valence electrons. The van der Waals surface area contributed by atoms with E-state index in [1.165, 1.54) is 5.56 Å². The SMILES string of the molecule is CCOc1cc([C@@H]2C3=C(C[C@H](c4ccccc4)CC3=O)Nc3ccc4ccccc4c32)ccc1OC(=O)CC. The minimum Gasteiger partial charge on any atom is -0.490 e. The molecule has 0 unspecified atom stereocenters. The van der Waals surface area contributed by atoms with Crippen LogP contribution in [0.5, 0.6) is 11.5 Å². The summed E-state index contributed by atoms with van der Waals surface area (Å²) >= 11 is 0. The van der Waals surface area contributed by atoms with Crippen LogP contribution in [0.25, 0.3) is 10.8 Å². The van der Waals surface area contributed by atoms with Gasteiger partial charge in [-0.25, -0.2) is 0 Å². The number of ether oxygens (including phenoxy) is 2. The average molecular weight is 518 g/mol. The number of hydrogen-bond donors (Lipinski definition) is 1. The van der Waals surface area contributed by atoms with Crippen molar-refractivity contribution in [1.82, 2.24) is 0 Å². The van der Waals surface area contributed by atoms with E-state index in [2.05, 4.69) is 41.7 Å². The third-order valence-corrected chi connectivity index (χ3v) is 7.73. The minimum absolute atomic E-state index is 0.127. The Balaban J connectivity index is 1.53. The molecule has 5 nitrogen and oxygen atoms in total. The maximum Gasteiger partial charge on any atom is 0.311 e. The number of esters is 1. The van der Waals surface area contributed by atoms with Gasteiger partial charge in [-0.2, -0.15) is 0 Å². The van der Waals surface area contributed by atoms with E-state index >= 15 is 0 Å². The van der Waals surface area contributed by atoms with E-state index in [9.17, 15) is 9.59 Å². The second kappa shape index (κ2) is 10.4. The summed E-state index contributed by atoms with van der Waals surface area (Å²) in [6, 6.07) is 28.5. The van der Waals surface area contributed by atoms with Crippen molar-refractivity contribution in [3.63, 3.8) is 0 Å². The summed E-state index contributed by atoms with van der Waals surface area (Å²) in [5, 5.41) is 5.89. The fourth-order valence-electron chi connectivity index (χ4n) is 5.95. The number of anilines is 1. The molecule has 0 fully saturated rings. The number of carbonyl (C=O) groups is 2. The number of nitrogens with one attached hydrogen (secondary N) is 1. The van der Waals surface area contributed by atoms with Gasteiger partial charge in [0.05, 0.1) is 6.61 Å². The Kier molecular flexibility index (Phi) is 6.65. The zero-order chi connectivity index (χ0) is 26.9. The van der Waals surface area contributed by atoms with Crippen LogP contribution in [0.4, 0.5) is 5.69 Å². The fraction of sp³-hybridized carbons (Fsp3) is 0.235. The van der Waals surface area contributed by atoms with Gasteiger partial charge in [-0.15, -0.1) is 0 Å². The summed E-state index contributed by atoms with van der Waals surface area (Å²) in [4.78, 5) is 26.1. The van der Waals surface area contributed by atoms with Gasteiger partial charge in [0.2, 0.25) is 0 Å². The predicted octanol–water partition coefficient (Wildman–Crippen LogP) is 7.51. The number of benzene rings is 4. The van der Waals surface area contributed by atoms with Gasteiger partial charge < -0.3 is 14.8 Å². The van der Waals surface area contributed by atoms with Gasteiger partial charge >= 0.3 is 5.97 Å². The number of fused-ring (bicyclic) bond motifs is 3. The van der Waals surface area contributed by atoms with Gasteiger partial charge in [0.25, 0.3) is 0 Å². The molecule has 0 saturated heterocycles. The second-order valence-electron chi connectivity index (χ2n) is 10.1. The lowest BCUT2D eigenvalue weighted by atomic mass is 9.71. The summed E-state index contributed by atoms with van der Waals surface area (Å²) in [5.74, 6) is 0.587. The summed E-state index contributed by atoms with van der Waals surface area (Å²) in [5.41, 5.74) is 6.00. The molecular weight excluding hydrogens is 486 g/mol. The lowest BCUT2D eigenvalue weighted by Crippen LogP contribution is -2.30. The van der Waals surface area contributed by atoms with E-state index in [0.29, 0.717) is 24.5 Å². The summed E-state index contributed by atoms with van der Waals surface area (Å²) < 4.78 is 11.5. The molecule has 5 heteroatoms. The molecule has 6 rings (SSSR count). The first kappa shape index (κ1) is 24.9. The molecule has 1 heterocycles. The number of ketones is 1. The van der Waals surface area contributed by atoms with Gasteiger partial charge in [0.15, 0.2) is 17.3 Å². The highest BCUT2D eigenvalue weighted by Gasteiger charge is 2.39. The number of allylic oxidation sites excluding steroid dienone is 2. The Morgan fingerprint density at radius 3 is 2.46 bits per heavy atom. The van der Waals surface area contributed by atoms with Crippen LogP contribution < -0.4 is 14.8 Å². The largest absolute Gasteiger partial charge is 0.490 e. The van der Waals surface area contributed by atoms with E-state index in [-0.39, 0.29) is 30.0 Å². The van der Waals surface area contributed by atoms with Crippen molar-refractivity contribution in [2.75, 3.05) is 11.9 Å². The molecule has 1 N–H and O–H groups in total. The molecule has 0 bridgehead atoms. The van der Waals surface area contributed by atoms with E-state index in [1.54, 1.807) is 13.0 Å². The zero-order valence-corrected chi connectivity index (χ0v) is 22.2. The van der Waals surface area contributed by atoms with Crippen molar-refractivity contribution in [1.29, 1.82) is 0 Å². The smallest absolute Gasteiger partial charge is 0.311 e. The van der Waals surface area contributed by atoms with Crippen molar-refractivity contribution >= 4 is 28.2 Å². The third-order valence-electron chi connectivity index (χ3n) is 7.73. The molecule has 4 aromatic carbocycles. The first-order valence-corrected chi connectivity index (χ1v) is 13.6. The third kappa shape index (κ3) is 4.59. The van der Waals surface area contributed by atoms with Crippen LogP contribution in [-0.4, -0.2) is 18.4 Å². The highest BCUT2D eigenvalue weighted by molar-refractivity contribution is 6.04. The molecule has 0 amide bonds. The first-order valence-electron chi connectivity index (χ1n) is 13.6. The van der Waals surface area contributed by atoms with Gasteiger partial charge in [-0.3, -0.25) is 9.59 Å². The number of Topliss-reactive ketones (excluding diaryl/α,β-unsaturated/α-hetero) is 1. The van der Waals surface area contributed by atoms with Crippen LogP contribution >= 0.6 is 0 Å². The van der Waals surface area contributed by atoms with E-state index < -0.39 is 0 Å². The van der Waals surface area contributed by atoms with E-state index in [1.807, 2.05) is 49.4 Å². The Bertz CT molecular complexity index is 1600. The molecule has 0 saturated carbocycles. The molecule has 4 aromatic rings. The summed E-state index contributed by atoms with van der Waals surface area (Å²) in [7, 11) is 0. The molecule has 0 radical (unpaired) electrons. The van der Waals surface area contributed by atoms with Crippen LogP contribution in [0, 0.1) is 0 Å². The Hall–Kier alpha value is -4.38. The number of carbonyl (C=O) groups excluding carboxylic acids is 2. The van der Waals surface area contributed by atoms with Crippen LogP contribution in [0.1, 0.15) is 61.6 Å². The van der Waals surface area contributed by atoms with Crippen molar-refractivity contribution in [3.05, 3.63) is 113 Å². The van der Waals surface area contributed by atoms with Crippen LogP contribution in [0.15, 0.2) is 96.2 Å². The highest BCUT2D eigenvalue weighted by Crippen LogP contribution is 2.51. The maximum atomic E-state index is 14.0. The lowest BCUT2D eigenvalue weighted by Gasteiger charge is -2.37. The average Bonchev–Trinajstić information content (AvgIpc) is 2.97. The molecular formula is C34H31NO4. The Labute approximate surface area is 228 Å². The van der Waals surface area contributed by atoms with Crippen molar-refractivity contribution in [2.45, 2.75) is 44.9 Å². The standard InChI is InChI=1S/C34H31NO4/c1-3-31(37)39-29-17-15-23(20-30(29)38-4-2)32-33-25-13-9-8-12-22(25)14-16-26(33)35-27-18-24(19-28(36)34(27)32)21-10-6-5-7-11-21/h5-17,20,24,32,35H,3-4,18-19H2,1-2H3/t24-,32-/m0/s1. The van der Waals surface area contributed by atoms with Crippen molar-refractivity contribution in [3.8, 4) is 11.5 Å². The molecule has 1 aliphatic carbocycles. The molecule has 39 heavy (non-hydrogen) atoms. The monoisotopic (exact) mass is 517 g/mol. The fourth-order valence-corrected chi connectivity index (χ4v) is 5.95. The minimum atomic E-state index is -0.318. The molecule has 1 aliphatic heterocycles. The van der Waals surface area contributed by atoms with Gasteiger partial charge in [0.1, 0.15) is 0 Å². The molecule has 2 atom stereocenters. The topological polar surface area (TPSA) is 64.6 Å². The molecule has 0 aromatic heterocycles. The number of hydrogen-bond acceptors (Lipinski definition) is 5. The van der Waals surface area contributed by atoms with Crippen LogP contribution in [-0.2, 0) is 9.59 Å². The van der Waals surface area contributed by atoms with Gasteiger partial charge in [0, 0.05) is 35.7 Å². The van der Waals surface area contributed by atoms with E-state index in [4.69, 9.17) is 9.47 Å². The van der Waals surface area contributed by atoms with Crippen molar-refractivity contribution in [2.24, 2.45) is 0 Å². The maximum absolute atomic E-state index is 14.0. The molecule has 2 aliphatic rings. The Morgan fingerprint density at radius 1 is 0.872 bits per heavy atom. The zero-order valence-electron chi connectivity index (χ0n) is 22.2. The van der Waals surface area contributed by atoms with Gasteiger partial charge in [-0.05, 0) is 64.9 Å². The lowest BCUT2D eigenvalue weighted by molar-refractivity contribution is -0.134. The normalized spacial score (nSPS) is 18.3.